The van der Waals surface area contributed by atoms with Gasteiger partial charge in [-0.15, -0.1) is 0 Å². The Balaban J connectivity index is 3.95. The third-order valence-electron chi connectivity index (χ3n) is 0.242. The molecule has 0 aromatic rings. The van der Waals surface area contributed by atoms with Crippen LogP contribution in [0.5, 0.6) is 0 Å². The van der Waals surface area contributed by atoms with E-state index in [2.05, 4.69) is 10.8 Å². The smallest absolute Gasteiger partial charge is 0.308 e. The summed E-state index contributed by atoms with van der Waals surface area (Å²) >= 11 is 0. The van der Waals surface area contributed by atoms with Crippen LogP contribution in [0.2, 0.25) is 0 Å². The van der Waals surface area contributed by atoms with Crippen LogP contribution in [0, 0.1) is 0 Å². The van der Waals surface area contributed by atoms with E-state index in [0.717, 1.165) is 6.26 Å². The highest BCUT2D eigenvalue weighted by Gasteiger charge is 2.01. The van der Waals surface area contributed by atoms with Crippen molar-refractivity contribution in [3.05, 3.63) is 12.6 Å². The van der Waals surface area contributed by atoms with Crippen LogP contribution in [-0.4, -0.2) is 14.7 Å². The molecule has 8 heavy (non-hydrogen) atoms. The zero-order valence-corrected chi connectivity index (χ0v) is 5.03. The summed E-state index contributed by atoms with van der Waals surface area (Å²) in [4.78, 5) is 0. The van der Waals surface area contributed by atoms with Crippen LogP contribution >= 0.6 is 0 Å². The summed E-state index contributed by atoms with van der Waals surface area (Å²) in [5.74, 6) is 0. The fourth-order valence-corrected chi connectivity index (χ4v) is 0.493. The molecule has 0 aliphatic heterocycles. The Bertz CT molecular complexity index is 181. The quantitative estimate of drug-likeness (QED) is 0.412. The predicted octanol–water partition coefficient (Wildman–Crippen LogP) is 0.403. The standard InChI is InChI=1S/C3H5FO3S/c1-3(4)7-8(2,5)6/h1H2,2H3. The monoisotopic (exact) mass is 140 g/mol. The van der Waals surface area contributed by atoms with Gasteiger partial charge >= 0.3 is 10.1 Å². The Morgan fingerprint density at radius 2 is 2.12 bits per heavy atom. The minimum atomic E-state index is -3.70. The molecular formula is C3H5FO3S. The highest BCUT2D eigenvalue weighted by Crippen LogP contribution is 1.98. The predicted molar refractivity (Wildman–Crippen MR) is 26.2 cm³/mol. The summed E-state index contributed by atoms with van der Waals surface area (Å²) in [6.07, 6.45) is 0.734. The molecule has 0 saturated heterocycles. The van der Waals surface area contributed by atoms with E-state index < -0.39 is 16.1 Å². The molecule has 0 unspecified atom stereocenters. The molecule has 5 heteroatoms. The molecule has 0 aliphatic rings. The molecule has 0 aromatic heterocycles. The molecule has 48 valence electrons. The molecule has 0 radical (unpaired) electrons. The molecule has 0 aromatic carbocycles. The van der Waals surface area contributed by atoms with Gasteiger partial charge in [0.1, 0.15) is 0 Å². The van der Waals surface area contributed by atoms with Gasteiger partial charge in [-0.2, -0.15) is 12.8 Å². The van der Waals surface area contributed by atoms with Crippen molar-refractivity contribution in [2.24, 2.45) is 0 Å². The van der Waals surface area contributed by atoms with Gasteiger partial charge in [0.05, 0.1) is 6.26 Å². The normalized spacial score (nSPS) is 10.8. The molecule has 0 saturated carbocycles. The van der Waals surface area contributed by atoms with Gasteiger partial charge in [-0.05, 0) is 6.58 Å². The van der Waals surface area contributed by atoms with Crippen LogP contribution in [0.25, 0.3) is 0 Å². The van der Waals surface area contributed by atoms with E-state index in [-0.39, 0.29) is 0 Å². The van der Waals surface area contributed by atoms with Crippen molar-refractivity contribution >= 4 is 10.1 Å². The molecular weight excluding hydrogens is 135 g/mol. The summed E-state index contributed by atoms with van der Waals surface area (Å²) in [5, 5.41) is 0. The third-order valence-corrected chi connectivity index (χ3v) is 0.725. The lowest BCUT2D eigenvalue weighted by atomic mass is 11.1. The zero-order chi connectivity index (χ0) is 6.78. The molecule has 0 aliphatic carbocycles. The average Bonchev–Trinajstić information content (AvgIpc) is 1.21. The second-order valence-electron chi connectivity index (χ2n) is 1.14. The van der Waals surface area contributed by atoms with E-state index in [1.165, 1.54) is 0 Å². The van der Waals surface area contributed by atoms with Crippen molar-refractivity contribution in [1.82, 2.24) is 0 Å². The molecule has 0 atom stereocenters. The Hall–Kier alpha value is -0.580. The molecule has 0 N–H and O–H groups in total. The van der Waals surface area contributed by atoms with Crippen LogP contribution in [0.3, 0.4) is 0 Å². The van der Waals surface area contributed by atoms with Gasteiger partial charge in [0.25, 0.3) is 6.01 Å². The van der Waals surface area contributed by atoms with Gasteiger partial charge < -0.3 is 4.18 Å². The van der Waals surface area contributed by atoms with Crippen LogP contribution in [0.15, 0.2) is 12.6 Å². The van der Waals surface area contributed by atoms with Crippen LogP contribution in [0.4, 0.5) is 4.39 Å². The second-order valence-corrected chi connectivity index (χ2v) is 2.72. The first-order valence-electron chi connectivity index (χ1n) is 1.65. The van der Waals surface area contributed by atoms with Crippen molar-refractivity contribution in [3.8, 4) is 0 Å². The Morgan fingerprint density at radius 1 is 1.75 bits per heavy atom. The maximum Gasteiger partial charge on any atom is 0.308 e. The molecule has 0 bridgehead atoms. The van der Waals surface area contributed by atoms with Gasteiger partial charge in [-0.3, -0.25) is 0 Å². The van der Waals surface area contributed by atoms with Gasteiger partial charge in [0.15, 0.2) is 0 Å². The van der Waals surface area contributed by atoms with E-state index in [4.69, 9.17) is 0 Å². The summed E-state index contributed by atoms with van der Waals surface area (Å²) in [6, 6.07) is -1.31. The van der Waals surface area contributed by atoms with Crippen molar-refractivity contribution in [2.75, 3.05) is 6.26 Å². The van der Waals surface area contributed by atoms with Gasteiger partial charge in [-0.1, -0.05) is 0 Å². The zero-order valence-electron chi connectivity index (χ0n) is 4.22. The largest absolute Gasteiger partial charge is 0.353 e. The Kier molecular flexibility index (Phi) is 1.97. The van der Waals surface area contributed by atoms with E-state index in [9.17, 15) is 12.8 Å². The number of halogens is 1. The summed E-state index contributed by atoms with van der Waals surface area (Å²) < 4.78 is 34.8. The lowest BCUT2D eigenvalue weighted by molar-refractivity contribution is 0.310. The number of rotatable bonds is 2. The first kappa shape index (κ1) is 7.42. The van der Waals surface area contributed by atoms with Gasteiger partial charge in [0, 0.05) is 0 Å². The fraction of sp³-hybridized carbons (Fsp3) is 0.333. The van der Waals surface area contributed by atoms with Crippen molar-refractivity contribution in [3.63, 3.8) is 0 Å². The van der Waals surface area contributed by atoms with Gasteiger partial charge in [0.2, 0.25) is 0 Å². The van der Waals surface area contributed by atoms with E-state index in [1.807, 2.05) is 0 Å². The number of hydrogen-bond donors (Lipinski definition) is 0. The molecule has 0 heterocycles. The van der Waals surface area contributed by atoms with Crippen LogP contribution in [0.1, 0.15) is 0 Å². The molecule has 3 nitrogen and oxygen atoms in total. The third kappa shape index (κ3) is 5.42. The lowest BCUT2D eigenvalue weighted by Gasteiger charge is -1.93. The highest BCUT2D eigenvalue weighted by molar-refractivity contribution is 7.86. The average molecular weight is 140 g/mol. The molecule has 0 rings (SSSR count). The maximum atomic E-state index is 11.4. The molecule has 0 fully saturated rings. The molecule has 0 spiro atoms. The first-order valence-corrected chi connectivity index (χ1v) is 3.47. The van der Waals surface area contributed by atoms with Crippen molar-refractivity contribution < 1.29 is 17.0 Å². The number of hydrogen-bond acceptors (Lipinski definition) is 3. The van der Waals surface area contributed by atoms with E-state index in [1.54, 1.807) is 0 Å². The Morgan fingerprint density at radius 3 is 2.12 bits per heavy atom. The minimum absolute atomic E-state index is 0.734. The van der Waals surface area contributed by atoms with Crippen LogP contribution in [-0.2, 0) is 14.3 Å². The Labute approximate surface area is 46.9 Å². The topological polar surface area (TPSA) is 43.4 Å². The van der Waals surface area contributed by atoms with E-state index >= 15 is 0 Å². The summed E-state index contributed by atoms with van der Waals surface area (Å²) in [6.45, 7) is 2.57. The minimum Gasteiger partial charge on any atom is -0.353 e. The molecule has 0 amide bonds. The lowest BCUT2D eigenvalue weighted by Crippen LogP contribution is -1.98. The SMILES string of the molecule is C=C(F)OS(C)(=O)=O. The van der Waals surface area contributed by atoms with Gasteiger partial charge in [-0.25, -0.2) is 0 Å². The van der Waals surface area contributed by atoms with Crippen LogP contribution < -0.4 is 0 Å². The summed E-state index contributed by atoms with van der Waals surface area (Å²) in [7, 11) is -3.70. The maximum absolute atomic E-state index is 11.4. The second kappa shape index (κ2) is 2.13. The van der Waals surface area contributed by atoms with Crippen molar-refractivity contribution in [1.29, 1.82) is 0 Å². The fourth-order valence-electron chi connectivity index (χ4n) is 0.164. The van der Waals surface area contributed by atoms with Crippen molar-refractivity contribution in [2.45, 2.75) is 0 Å². The first-order chi connectivity index (χ1) is 3.42. The highest BCUT2D eigenvalue weighted by atomic mass is 32.2. The summed E-state index contributed by atoms with van der Waals surface area (Å²) in [5.41, 5.74) is 0. The van der Waals surface area contributed by atoms with E-state index in [0.29, 0.717) is 0 Å².